The van der Waals surface area contributed by atoms with Crippen LogP contribution in [0.5, 0.6) is 0 Å². The molecule has 0 aromatic heterocycles. The third-order valence-electron chi connectivity index (χ3n) is 4.13. The first-order chi connectivity index (χ1) is 12.1. The van der Waals surface area contributed by atoms with Crippen molar-refractivity contribution in [1.82, 2.24) is 5.32 Å². The average Bonchev–Trinajstić information content (AvgIpc) is 2.96. The molecule has 0 saturated carbocycles. The highest BCUT2D eigenvalue weighted by molar-refractivity contribution is 6.04. The van der Waals surface area contributed by atoms with Gasteiger partial charge in [-0.15, -0.1) is 0 Å². The molecule has 126 valence electrons. The van der Waals surface area contributed by atoms with E-state index in [0.29, 0.717) is 18.5 Å². The van der Waals surface area contributed by atoms with Gasteiger partial charge in [-0.1, -0.05) is 24.3 Å². The molecule has 25 heavy (non-hydrogen) atoms. The van der Waals surface area contributed by atoms with Crippen LogP contribution in [0.1, 0.15) is 22.3 Å². The Bertz CT molecular complexity index is 860. The Balaban J connectivity index is 1.71. The molecule has 3 rings (SSSR count). The first-order valence-electron chi connectivity index (χ1n) is 7.93. The third-order valence-corrected chi connectivity index (χ3v) is 4.13. The molecule has 1 N–H and O–H groups in total. The van der Waals surface area contributed by atoms with Crippen LogP contribution < -0.4 is 10.2 Å². The summed E-state index contributed by atoms with van der Waals surface area (Å²) in [6, 6.07) is 14.1. The van der Waals surface area contributed by atoms with Crippen molar-refractivity contribution in [2.75, 3.05) is 11.4 Å². The number of carbonyl (C=O) groups is 2. The van der Waals surface area contributed by atoms with Gasteiger partial charge >= 0.3 is 0 Å². The van der Waals surface area contributed by atoms with Crippen LogP contribution in [0.4, 0.5) is 10.1 Å². The zero-order valence-corrected chi connectivity index (χ0v) is 13.4. The second kappa shape index (κ2) is 7.14. The Labute approximate surface area is 144 Å². The van der Waals surface area contributed by atoms with E-state index >= 15 is 0 Å². The van der Waals surface area contributed by atoms with Crippen LogP contribution >= 0.6 is 0 Å². The molecule has 0 radical (unpaired) electrons. The van der Waals surface area contributed by atoms with Gasteiger partial charge in [0, 0.05) is 12.1 Å². The van der Waals surface area contributed by atoms with Crippen molar-refractivity contribution in [3.63, 3.8) is 0 Å². The second-order valence-electron chi connectivity index (χ2n) is 5.79. The van der Waals surface area contributed by atoms with Gasteiger partial charge in [0.05, 0.1) is 18.2 Å². The normalized spacial score (nSPS) is 16.6. The summed E-state index contributed by atoms with van der Waals surface area (Å²) in [5.41, 5.74) is 1.35. The highest BCUT2D eigenvalue weighted by atomic mass is 19.1. The number of hydrogen-bond donors (Lipinski definition) is 1. The number of amides is 2. The number of nitrogens with zero attached hydrogens (tertiary/aromatic N) is 2. The maximum Gasteiger partial charge on any atom is 0.251 e. The first-order valence-corrected chi connectivity index (χ1v) is 7.93. The Morgan fingerprint density at radius 3 is 2.84 bits per heavy atom. The van der Waals surface area contributed by atoms with Crippen molar-refractivity contribution in [3.8, 4) is 6.07 Å². The van der Waals surface area contributed by atoms with E-state index in [1.54, 1.807) is 42.5 Å². The lowest BCUT2D eigenvalue weighted by Gasteiger charge is -2.18. The summed E-state index contributed by atoms with van der Waals surface area (Å²) in [5.74, 6) is -1.17. The number of nitrogens with one attached hydrogen (secondary N) is 1. The number of hydrogen-bond acceptors (Lipinski definition) is 3. The van der Waals surface area contributed by atoms with Crippen molar-refractivity contribution < 1.29 is 14.0 Å². The first kappa shape index (κ1) is 16.7. The number of halogens is 1. The summed E-state index contributed by atoms with van der Waals surface area (Å²) in [7, 11) is 0. The van der Waals surface area contributed by atoms with Gasteiger partial charge < -0.3 is 10.2 Å². The largest absolute Gasteiger partial charge is 0.340 e. The molecule has 1 saturated heterocycles. The lowest BCUT2D eigenvalue weighted by molar-refractivity contribution is -0.118. The molecular weight excluding hydrogens is 321 g/mol. The molecule has 1 atom stereocenters. The van der Waals surface area contributed by atoms with E-state index in [2.05, 4.69) is 5.32 Å². The summed E-state index contributed by atoms with van der Waals surface area (Å²) in [6.07, 6.45) is 0.626. The minimum absolute atomic E-state index is 0.213. The molecule has 1 aliphatic rings. The van der Waals surface area contributed by atoms with Crippen LogP contribution in [0.15, 0.2) is 48.5 Å². The van der Waals surface area contributed by atoms with Gasteiger partial charge in [0.2, 0.25) is 5.91 Å². The molecule has 5 nitrogen and oxygen atoms in total. The third kappa shape index (κ3) is 3.50. The van der Waals surface area contributed by atoms with Crippen LogP contribution in [-0.2, 0) is 11.2 Å². The quantitative estimate of drug-likeness (QED) is 0.931. The minimum Gasteiger partial charge on any atom is -0.340 e. The Hall–Kier alpha value is -3.20. The van der Waals surface area contributed by atoms with Crippen LogP contribution in [0.3, 0.4) is 0 Å². The summed E-state index contributed by atoms with van der Waals surface area (Å²) in [5, 5.41) is 11.4. The minimum atomic E-state index is -0.688. The van der Waals surface area contributed by atoms with Crippen molar-refractivity contribution in [3.05, 3.63) is 65.5 Å². The molecule has 0 aliphatic carbocycles. The molecule has 0 spiro atoms. The van der Waals surface area contributed by atoms with E-state index < -0.39 is 11.9 Å². The van der Waals surface area contributed by atoms with E-state index in [4.69, 9.17) is 5.26 Å². The van der Waals surface area contributed by atoms with Crippen molar-refractivity contribution >= 4 is 17.5 Å². The number of para-hydroxylation sites is 1. The molecule has 2 aromatic carbocycles. The molecular formula is C19H16FN3O2. The fraction of sp³-hybridized carbons (Fsp3) is 0.211. The van der Waals surface area contributed by atoms with Crippen LogP contribution in [0, 0.1) is 17.1 Å². The van der Waals surface area contributed by atoms with E-state index in [-0.39, 0.29) is 23.9 Å². The van der Waals surface area contributed by atoms with Gasteiger partial charge in [0.25, 0.3) is 5.91 Å². The van der Waals surface area contributed by atoms with Crippen LogP contribution in [0.25, 0.3) is 0 Å². The van der Waals surface area contributed by atoms with E-state index in [9.17, 15) is 14.0 Å². The molecule has 2 amide bonds. The topological polar surface area (TPSA) is 73.2 Å². The molecule has 0 bridgehead atoms. The van der Waals surface area contributed by atoms with Crippen molar-refractivity contribution in [1.29, 1.82) is 5.26 Å². The highest BCUT2D eigenvalue weighted by Crippen LogP contribution is 2.24. The maximum atomic E-state index is 13.9. The van der Waals surface area contributed by atoms with Crippen molar-refractivity contribution in [2.45, 2.75) is 18.9 Å². The van der Waals surface area contributed by atoms with Crippen LogP contribution in [0.2, 0.25) is 0 Å². The van der Waals surface area contributed by atoms with E-state index in [1.807, 2.05) is 6.07 Å². The Morgan fingerprint density at radius 1 is 1.28 bits per heavy atom. The Morgan fingerprint density at radius 2 is 2.08 bits per heavy atom. The SMILES string of the molecule is N#CCc1cccc(C(=O)N[C@H]2CCN(c3ccccc3F)C2=O)c1. The molecule has 1 fully saturated rings. The molecule has 6 heteroatoms. The van der Waals surface area contributed by atoms with Gasteiger partial charge in [0.1, 0.15) is 11.9 Å². The average molecular weight is 337 g/mol. The summed E-state index contributed by atoms with van der Waals surface area (Å²) in [6.45, 7) is 0.346. The Kier molecular flexibility index (Phi) is 4.75. The van der Waals surface area contributed by atoms with Gasteiger partial charge in [-0.25, -0.2) is 4.39 Å². The standard InChI is InChI=1S/C19H16FN3O2/c20-15-6-1-2-7-17(15)23-11-9-16(19(23)25)22-18(24)14-5-3-4-13(12-14)8-10-21/h1-7,12,16H,8-9,11H2,(H,22,24)/t16-/m0/s1. The highest BCUT2D eigenvalue weighted by Gasteiger charge is 2.34. The summed E-state index contributed by atoms with van der Waals surface area (Å²) >= 11 is 0. The number of carbonyl (C=O) groups excluding carboxylic acids is 2. The number of rotatable bonds is 4. The molecule has 1 aliphatic heterocycles. The monoisotopic (exact) mass is 337 g/mol. The zero-order valence-electron chi connectivity index (χ0n) is 13.4. The van der Waals surface area contributed by atoms with Crippen molar-refractivity contribution in [2.24, 2.45) is 0 Å². The second-order valence-corrected chi connectivity index (χ2v) is 5.79. The fourth-order valence-corrected chi connectivity index (χ4v) is 2.88. The fourth-order valence-electron chi connectivity index (χ4n) is 2.88. The number of anilines is 1. The molecule has 0 unspecified atom stereocenters. The van der Waals surface area contributed by atoms with E-state index in [1.165, 1.54) is 11.0 Å². The maximum absolute atomic E-state index is 13.9. The van der Waals surface area contributed by atoms with Gasteiger partial charge in [-0.3, -0.25) is 9.59 Å². The predicted octanol–water partition coefficient (Wildman–Crippen LogP) is 2.43. The lowest BCUT2D eigenvalue weighted by Crippen LogP contribution is -2.41. The zero-order chi connectivity index (χ0) is 17.8. The summed E-state index contributed by atoms with van der Waals surface area (Å²) in [4.78, 5) is 26.2. The molecule has 2 aromatic rings. The van der Waals surface area contributed by atoms with Gasteiger partial charge in [-0.05, 0) is 36.2 Å². The summed E-state index contributed by atoms with van der Waals surface area (Å²) < 4.78 is 13.9. The van der Waals surface area contributed by atoms with E-state index in [0.717, 1.165) is 5.56 Å². The van der Waals surface area contributed by atoms with Crippen LogP contribution in [-0.4, -0.2) is 24.4 Å². The predicted molar refractivity (Wildman–Crippen MR) is 90.4 cm³/mol. The molecule has 1 heterocycles. The number of benzene rings is 2. The number of nitriles is 1. The lowest BCUT2D eigenvalue weighted by atomic mass is 10.1. The smallest absolute Gasteiger partial charge is 0.251 e. The van der Waals surface area contributed by atoms with Gasteiger partial charge in [0.15, 0.2) is 0 Å². The van der Waals surface area contributed by atoms with Gasteiger partial charge in [-0.2, -0.15) is 5.26 Å².